The summed E-state index contributed by atoms with van der Waals surface area (Å²) in [7, 11) is 0. The molecule has 1 saturated carbocycles. The first-order valence-corrected chi connectivity index (χ1v) is 9.57. The number of carbonyl (C=O) groups is 2. The van der Waals surface area contributed by atoms with E-state index in [1.165, 1.54) is 4.68 Å². The highest BCUT2D eigenvalue weighted by atomic mass is 16.4. The van der Waals surface area contributed by atoms with Gasteiger partial charge >= 0.3 is 12.0 Å². The van der Waals surface area contributed by atoms with Crippen LogP contribution in [0.2, 0.25) is 0 Å². The second-order valence-electron chi connectivity index (χ2n) is 7.93. The smallest absolute Gasteiger partial charge is 0.323 e. The number of likely N-dealkylation sites (tertiary alicyclic amines) is 1. The van der Waals surface area contributed by atoms with Crippen molar-refractivity contribution in [2.24, 2.45) is 11.3 Å². The molecule has 2 N–H and O–H groups in total. The highest BCUT2D eigenvalue weighted by Gasteiger charge is 2.55. The summed E-state index contributed by atoms with van der Waals surface area (Å²) in [6, 6.07) is 3.20. The van der Waals surface area contributed by atoms with Crippen molar-refractivity contribution in [3.63, 3.8) is 0 Å². The summed E-state index contributed by atoms with van der Waals surface area (Å²) in [5, 5.41) is 17.1. The van der Waals surface area contributed by atoms with Crippen LogP contribution in [-0.4, -0.2) is 54.8 Å². The Balaban J connectivity index is 1.58. The van der Waals surface area contributed by atoms with Crippen LogP contribution in [0.4, 0.5) is 10.6 Å². The predicted octanol–water partition coefficient (Wildman–Crippen LogP) is 2.50. The van der Waals surface area contributed by atoms with Crippen molar-refractivity contribution < 1.29 is 14.7 Å². The fourth-order valence-corrected chi connectivity index (χ4v) is 4.31. The van der Waals surface area contributed by atoms with Gasteiger partial charge < -0.3 is 10.0 Å². The number of aliphatic carboxylic acids is 1. The zero-order valence-corrected chi connectivity index (χ0v) is 16.0. The highest BCUT2D eigenvalue weighted by molar-refractivity contribution is 5.90. The van der Waals surface area contributed by atoms with E-state index >= 15 is 0 Å². The maximum atomic E-state index is 12.9. The van der Waals surface area contributed by atoms with Crippen molar-refractivity contribution in [3.05, 3.63) is 30.2 Å². The molecular formula is C19H24N6O3. The molecule has 2 amide bonds. The van der Waals surface area contributed by atoms with Crippen LogP contribution in [0.3, 0.4) is 0 Å². The van der Waals surface area contributed by atoms with E-state index in [1.54, 1.807) is 23.4 Å². The zero-order valence-electron chi connectivity index (χ0n) is 16.0. The number of carboxylic acids is 1. The van der Waals surface area contributed by atoms with Crippen molar-refractivity contribution in [3.8, 4) is 5.95 Å². The number of carboxylic acid groups (broad SMARTS) is 1. The number of carbonyl (C=O) groups excluding carboxylic acids is 1. The van der Waals surface area contributed by atoms with Gasteiger partial charge in [-0.2, -0.15) is 9.78 Å². The van der Waals surface area contributed by atoms with Crippen molar-refractivity contribution in [2.45, 2.75) is 39.0 Å². The Kier molecular flexibility index (Phi) is 4.52. The number of anilines is 1. The molecule has 0 bridgehead atoms. The van der Waals surface area contributed by atoms with Crippen molar-refractivity contribution in [1.82, 2.24) is 24.6 Å². The van der Waals surface area contributed by atoms with Crippen LogP contribution in [0.1, 0.15) is 44.7 Å². The van der Waals surface area contributed by atoms with Gasteiger partial charge in [-0.1, -0.05) is 20.3 Å². The van der Waals surface area contributed by atoms with Gasteiger partial charge in [0.05, 0.1) is 11.1 Å². The number of urea groups is 1. The van der Waals surface area contributed by atoms with Crippen LogP contribution in [-0.2, 0) is 4.79 Å². The molecule has 2 aromatic heterocycles. The largest absolute Gasteiger partial charge is 0.481 e. The molecule has 1 saturated heterocycles. The van der Waals surface area contributed by atoms with Gasteiger partial charge in [-0.3, -0.25) is 10.1 Å². The lowest BCUT2D eigenvalue weighted by Crippen LogP contribution is -2.39. The Morgan fingerprint density at radius 2 is 2.07 bits per heavy atom. The minimum absolute atomic E-state index is 0.0179. The van der Waals surface area contributed by atoms with E-state index in [-0.39, 0.29) is 24.4 Å². The number of hydrogen-bond donors (Lipinski definition) is 2. The van der Waals surface area contributed by atoms with Gasteiger partial charge in [0.2, 0.25) is 0 Å². The van der Waals surface area contributed by atoms with Crippen LogP contribution in [0.5, 0.6) is 0 Å². The number of rotatable bonds is 4. The second-order valence-corrected chi connectivity index (χ2v) is 7.93. The SMILES string of the molecule is CC(C)c1cc(NC(=O)N2C[C@@H]3CCC[C@@]3(C(=O)O)C2)n(-c2ncccn2)n1. The molecule has 2 aliphatic rings. The van der Waals surface area contributed by atoms with E-state index in [2.05, 4.69) is 20.4 Å². The van der Waals surface area contributed by atoms with Gasteiger partial charge in [0, 0.05) is 31.5 Å². The van der Waals surface area contributed by atoms with Crippen LogP contribution in [0, 0.1) is 11.3 Å². The molecule has 0 spiro atoms. The summed E-state index contributed by atoms with van der Waals surface area (Å²) in [4.78, 5) is 34.8. The molecule has 0 aromatic carbocycles. The molecule has 9 heteroatoms. The number of nitrogens with zero attached hydrogens (tertiary/aromatic N) is 5. The quantitative estimate of drug-likeness (QED) is 0.837. The average Bonchev–Trinajstić information content (AvgIpc) is 3.34. The molecular weight excluding hydrogens is 360 g/mol. The Labute approximate surface area is 162 Å². The number of hydrogen-bond acceptors (Lipinski definition) is 5. The van der Waals surface area contributed by atoms with Crippen molar-refractivity contribution in [2.75, 3.05) is 18.4 Å². The van der Waals surface area contributed by atoms with E-state index in [4.69, 9.17) is 0 Å². The van der Waals surface area contributed by atoms with E-state index in [0.29, 0.717) is 24.7 Å². The van der Waals surface area contributed by atoms with Crippen molar-refractivity contribution in [1.29, 1.82) is 0 Å². The minimum atomic E-state index is -0.802. The van der Waals surface area contributed by atoms with Gasteiger partial charge in [0.25, 0.3) is 5.95 Å². The van der Waals surface area contributed by atoms with Gasteiger partial charge in [-0.25, -0.2) is 14.8 Å². The van der Waals surface area contributed by atoms with E-state index in [0.717, 1.165) is 18.5 Å². The third kappa shape index (κ3) is 3.00. The van der Waals surface area contributed by atoms with Gasteiger partial charge in [0.1, 0.15) is 5.82 Å². The summed E-state index contributed by atoms with van der Waals surface area (Å²) in [6.45, 7) is 4.74. The van der Waals surface area contributed by atoms with E-state index in [9.17, 15) is 14.7 Å². The molecule has 9 nitrogen and oxygen atoms in total. The predicted molar refractivity (Wildman–Crippen MR) is 101 cm³/mol. The number of fused-ring (bicyclic) bond motifs is 1. The molecule has 3 heterocycles. The van der Waals surface area contributed by atoms with Gasteiger partial charge in [0.15, 0.2) is 0 Å². The standard InChI is InChI=1S/C19H24N6O3/c1-12(2)14-9-15(25(23-14)17-20-7-4-8-21-17)22-18(28)24-10-13-5-3-6-19(13,11-24)16(26)27/h4,7-9,12-13H,3,5-6,10-11H2,1-2H3,(H,22,28)(H,26,27)/t13-,19+/m0/s1. The zero-order chi connectivity index (χ0) is 19.9. The van der Waals surface area contributed by atoms with Crippen molar-refractivity contribution >= 4 is 17.8 Å². The average molecular weight is 384 g/mol. The first-order valence-electron chi connectivity index (χ1n) is 9.57. The topological polar surface area (TPSA) is 113 Å². The fourth-order valence-electron chi connectivity index (χ4n) is 4.31. The number of aromatic nitrogens is 4. The third-order valence-corrected chi connectivity index (χ3v) is 5.88. The van der Waals surface area contributed by atoms with Crippen LogP contribution in [0.25, 0.3) is 5.95 Å². The minimum Gasteiger partial charge on any atom is -0.481 e. The van der Waals surface area contributed by atoms with Crippen LogP contribution >= 0.6 is 0 Å². The molecule has 2 fully saturated rings. The normalized spacial score (nSPS) is 23.8. The van der Waals surface area contributed by atoms with Gasteiger partial charge in [-0.05, 0) is 30.7 Å². The van der Waals surface area contributed by atoms with Crippen LogP contribution in [0.15, 0.2) is 24.5 Å². The molecule has 1 aliphatic carbocycles. The second kappa shape index (κ2) is 6.88. The molecule has 28 heavy (non-hydrogen) atoms. The lowest BCUT2D eigenvalue weighted by molar-refractivity contribution is -0.149. The molecule has 2 atom stereocenters. The first kappa shape index (κ1) is 18.4. The van der Waals surface area contributed by atoms with Gasteiger partial charge in [-0.15, -0.1) is 0 Å². The molecule has 4 rings (SSSR count). The Hall–Kier alpha value is -2.97. The summed E-state index contributed by atoms with van der Waals surface area (Å²) < 4.78 is 1.51. The Morgan fingerprint density at radius 1 is 1.32 bits per heavy atom. The third-order valence-electron chi connectivity index (χ3n) is 5.88. The molecule has 0 unspecified atom stereocenters. The summed E-state index contributed by atoms with van der Waals surface area (Å²) in [6.07, 6.45) is 5.61. The summed E-state index contributed by atoms with van der Waals surface area (Å²) in [5.74, 6) is 0.229. The Morgan fingerprint density at radius 3 is 2.71 bits per heavy atom. The van der Waals surface area contributed by atoms with E-state index < -0.39 is 11.4 Å². The summed E-state index contributed by atoms with van der Waals surface area (Å²) in [5.41, 5.74) is 0.00602. The lowest BCUT2D eigenvalue weighted by atomic mass is 9.81. The number of amides is 2. The van der Waals surface area contributed by atoms with E-state index in [1.807, 2.05) is 19.9 Å². The van der Waals surface area contributed by atoms with Crippen LogP contribution < -0.4 is 5.32 Å². The fraction of sp³-hybridized carbons (Fsp3) is 0.526. The first-order chi connectivity index (χ1) is 13.4. The molecule has 148 valence electrons. The highest BCUT2D eigenvalue weighted by Crippen LogP contribution is 2.48. The maximum Gasteiger partial charge on any atom is 0.323 e. The lowest BCUT2D eigenvalue weighted by Gasteiger charge is -2.23. The number of nitrogens with one attached hydrogen (secondary N) is 1. The molecule has 0 radical (unpaired) electrons. The molecule has 1 aliphatic heterocycles. The Bertz CT molecular complexity index is 896. The maximum absolute atomic E-state index is 12.9. The monoisotopic (exact) mass is 384 g/mol. The molecule has 2 aromatic rings. The summed E-state index contributed by atoms with van der Waals surface area (Å²) >= 11 is 0.